The van der Waals surface area contributed by atoms with E-state index in [2.05, 4.69) is 42.5 Å². The van der Waals surface area contributed by atoms with Gasteiger partial charge in [-0.05, 0) is 49.8 Å². The molecule has 69 heavy (non-hydrogen) atoms. The molecule has 3 atom stereocenters. The Kier molecular flexibility index (Phi) is 13.2. The molecular formula is C49H54F2N14O4. The van der Waals surface area contributed by atoms with Crippen LogP contribution in [0.4, 0.5) is 26.0 Å². The second kappa shape index (κ2) is 19.9. The predicted octanol–water partition coefficient (Wildman–Crippen LogP) is 4.52. The van der Waals surface area contributed by atoms with E-state index in [1.807, 2.05) is 40.2 Å². The van der Waals surface area contributed by atoms with Gasteiger partial charge in [0.05, 0.1) is 79.2 Å². The number of methoxy groups -OCH3 is 1. The highest BCUT2D eigenvalue weighted by atomic mass is 19.1. The zero-order valence-corrected chi connectivity index (χ0v) is 38.3. The standard InChI is InChI=1S/C49H54F2N14O4/c1-68-46-11-2-30(20-55-46)24-64-36-26-63(27-37(64)29-69-28-36)44-9-3-31(21-54-44)48-47(32(18-52)19-53)56-23-42(59-48)33-22-57-65(25-33)35-6-4-34(5-7-35)61-12-14-62(15-13-61)43-17-38(50)41(16-39(43)51)58-40-8-10-45(66)60-49(40)67/h2-3,9,11,16-18,20-23,25,34-37,40,58H,4-8,10,12-15,24,26-29,52H2,1H3,(H,60,66,67)/b32-18-. The molecule has 18 nitrogen and oxygen atoms in total. The van der Waals surface area contributed by atoms with Gasteiger partial charge in [-0.3, -0.25) is 34.4 Å². The van der Waals surface area contributed by atoms with Crippen LogP contribution >= 0.6 is 0 Å². The Morgan fingerprint density at radius 3 is 2.36 bits per heavy atom. The number of allylic oxidation sites excluding steroid dienone is 1. The number of aromatic nitrogens is 6. The summed E-state index contributed by atoms with van der Waals surface area (Å²) in [6.45, 7) is 6.08. The van der Waals surface area contributed by atoms with Gasteiger partial charge >= 0.3 is 0 Å². The number of nitrogens with one attached hydrogen (secondary N) is 2. The minimum Gasteiger partial charge on any atom is -0.481 e. The molecule has 358 valence electrons. The Labute approximate surface area is 398 Å². The number of nitriles is 1. The number of anilines is 3. The van der Waals surface area contributed by atoms with Crippen LogP contribution < -0.4 is 30.9 Å². The van der Waals surface area contributed by atoms with Crippen molar-refractivity contribution in [2.75, 3.05) is 74.7 Å². The summed E-state index contributed by atoms with van der Waals surface area (Å²) in [5, 5.41) is 19.8. The number of pyridine rings is 2. The molecule has 8 heterocycles. The van der Waals surface area contributed by atoms with Crippen LogP contribution in [0.2, 0.25) is 0 Å². The number of nitrogens with zero attached hydrogens (tertiary/aromatic N) is 11. The number of hydrogen-bond acceptors (Lipinski definition) is 16. The number of ether oxygens (including phenoxy) is 2. The maximum Gasteiger partial charge on any atom is 0.249 e. The first-order valence-corrected chi connectivity index (χ1v) is 23.5. The average molecular weight is 941 g/mol. The number of amides is 2. The highest BCUT2D eigenvalue weighted by molar-refractivity contribution is 6.01. The van der Waals surface area contributed by atoms with Crippen molar-refractivity contribution in [3.05, 3.63) is 96.5 Å². The Bertz CT molecular complexity index is 2740. The lowest BCUT2D eigenvalue weighted by Crippen LogP contribution is -2.64. The summed E-state index contributed by atoms with van der Waals surface area (Å²) < 4.78 is 43.8. The molecule has 0 spiro atoms. The molecular weight excluding hydrogens is 887 g/mol. The van der Waals surface area contributed by atoms with Crippen LogP contribution in [0.3, 0.4) is 0 Å². The molecule has 4 N–H and O–H groups in total. The smallest absolute Gasteiger partial charge is 0.249 e. The topological polar surface area (TPSA) is 209 Å². The summed E-state index contributed by atoms with van der Waals surface area (Å²) in [6, 6.07) is 12.5. The van der Waals surface area contributed by atoms with E-state index in [9.17, 15) is 14.9 Å². The molecule has 1 aromatic carbocycles. The lowest BCUT2D eigenvalue weighted by molar-refractivity contribution is -0.133. The van der Waals surface area contributed by atoms with E-state index < -0.39 is 23.6 Å². The number of carbonyl (C=O) groups is 2. The van der Waals surface area contributed by atoms with Gasteiger partial charge in [-0.2, -0.15) is 10.4 Å². The predicted molar refractivity (Wildman–Crippen MR) is 252 cm³/mol. The number of halogens is 2. The molecule has 2 bridgehead atoms. The first-order chi connectivity index (χ1) is 33.6. The minimum absolute atomic E-state index is 0.103. The minimum atomic E-state index is -0.810. The van der Waals surface area contributed by atoms with E-state index in [1.165, 1.54) is 12.3 Å². The molecule has 4 saturated heterocycles. The molecule has 1 saturated carbocycles. The fourth-order valence-corrected chi connectivity index (χ4v) is 10.4. The molecule has 2 amide bonds. The van der Waals surface area contributed by atoms with Gasteiger partial charge in [-0.15, -0.1) is 0 Å². The molecule has 5 aromatic rings. The Morgan fingerprint density at radius 2 is 1.68 bits per heavy atom. The van der Waals surface area contributed by atoms with Gasteiger partial charge in [-0.1, -0.05) is 6.07 Å². The molecule has 5 fully saturated rings. The zero-order valence-electron chi connectivity index (χ0n) is 38.3. The zero-order chi connectivity index (χ0) is 47.6. The quantitative estimate of drug-likeness (QED) is 0.116. The third kappa shape index (κ3) is 9.67. The lowest BCUT2D eigenvalue weighted by atomic mass is 9.90. The SMILES string of the molecule is COc1ccc(CN2C3COCC2CN(c2ccc(-c4nc(-c5cnn(C6CCC(N7CCN(c8cc(F)c(NC9CCC(=O)NC9=O)cc8F)CC7)CC6)c5)cnc4/C(C#N)=C\N)cn2)C3)cn1. The fraction of sp³-hybridized carbons (Fsp3) is 0.429. The van der Waals surface area contributed by atoms with Gasteiger partial charge < -0.3 is 30.3 Å². The number of nitrogens with two attached hydrogens (primary N) is 1. The van der Waals surface area contributed by atoms with Gasteiger partial charge in [-0.25, -0.2) is 23.7 Å². The maximum atomic E-state index is 15.4. The largest absolute Gasteiger partial charge is 0.481 e. The van der Waals surface area contributed by atoms with E-state index in [0.29, 0.717) is 60.9 Å². The Balaban J connectivity index is 0.760. The van der Waals surface area contributed by atoms with E-state index in [0.717, 1.165) is 81.4 Å². The van der Waals surface area contributed by atoms with Crippen LogP contribution in [0, 0.1) is 23.0 Å². The first-order valence-electron chi connectivity index (χ1n) is 23.5. The number of carbonyl (C=O) groups excluding carboxylic acids is 2. The molecule has 5 aliphatic rings. The molecule has 10 rings (SSSR count). The van der Waals surface area contributed by atoms with Crippen molar-refractivity contribution >= 4 is 34.6 Å². The van der Waals surface area contributed by atoms with Crippen LogP contribution in [-0.4, -0.2) is 135 Å². The van der Waals surface area contributed by atoms with Gasteiger partial charge in [0, 0.05) is 112 Å². The normalized spacial score (nSPS) is 23.6. The van der Waals surface area contributed by atoms with Crippen LogP contribution in [0.1, 0.15) is 55.8 Å². The number of hydrogen-bond donors (Lipinski definition) is 3. The van der Waals surface area contributed by atoms with Crippen molar-refractivity contribution in [3.8, 4) is 34.5 Å². The molecule has 3 unspecified atom stereocenters. The second-order valence-corrected chi connectivity index (χ2v) is 18.3. The third-order valence-electron chi connectivity index (χ3n) is 14.2. The lowest BCUT2D eigenvalue weighted by Gasteiger charge is -2.50. The second-order valence-electron chi connectivity index (χ2n) is 18.3. The number of piperazine rings is 2. The van der Waals surface area contributed by atoms with Gasteiger partial charge in [0.15, 0.2) is 0 Å². The van der Waals surface area contributed by atoms with Crippen molar-refractivity contribution in [3.63, 3.8) is 0 Å². The van der Waals surface area contributed by atoms with Crippen molar-refractivity contribution in [2.45, 2.75) is 75.3 Å². The molecule has 1 aliphatic carbocycles. The number of imide groups is 1. The molecule has 20 heteroatoms. The third-order valence-corrected chi connectivity index (χ3v) is 14.2. The highest BCUT2D eigenvalue weighted by Gasteiger charge is 2.39. The summed E-state index contributed by atoms with van der Waals surface area (Å²) >= 11 is 0. The van der Waals surface area contributed by atoms with Gasteiger partial charge in [0.2, 0.25) is 17.7 Å². The van der Waals surface area contributed by atoms with Gasteiger partial charge in [0.25, 0.3) is 0 Å². The number of piperidine rings is 1. The van der Waals surface area contributed by atoms with Crippen LogP contribution in [-0.2, 0) is 20.9 Å². The summed E-state index contributed by atoms with van der Waals surface area (Å²) in [6.07, 6.45) is 14.5. The molecule has 4 aliphatic heterocycles. The number of rotatable bonds is 12. The summed E-state index contributed by atoms with van der Waals surface area (Å²) in [5.74, 6) is -0.703. The summed E-state index contributed by atoms with van der Waals surface area (Å²) in [5.41, 5.74) is 10.3. The monoisotopic (exact) mass is 940 g/mol. The van der Waals surface area contributed by atoms with Crippen molar-refractivity contribution in [1.82, 2.24) is 44.8 Å². The molecule has 4 aromatic heterocycles. The van der Waals surface area contributed by atoms with Crippen molar-refractivity contribution < 1.29 is 27.8 Å². The van der Waals surface area contributed by atoms with E-state index in [-0.39, 0.29) is 53.8 Å². The van der Waals surface area contributed by atoms with E-state index in [4.69, 9.17) is 35.3 Å². The first kappa shape index (κ1) is 45.7. The maximum absolute atomic E-state index is 15.4. The number of benzene rings is 1. The van der Waals surface area contributed by atoms with E-state index >= 15 is 8.78 Å². The fourth-order valence-electron chi connectivity index (χ4n) is 10.4. The van der Waals surface area contributed by atoms with Crippen LogP contribution in [0.5, 0.6) is 5.88 Å². The van der Waals surface area contributed by atoms with Gasteiger partial charge in [0.1, 0.15) is 35.3 Å². The van der Waals surface area contributed by atoms with Crippen LogP contribution in [0.25, 0.3) is 28.1 Å². The highest BCUT2D eigenvalue weighted by Crippen LogP contribution is 2.36. The molecule has 0 radical (unpaired) electrons. The Morgan fingerprint density at radius 1 is 0.899 bits per heavy atom. The van der Waals surface area contributed by atoms with Crippen molar-refractivity contribution in [2.24, 2.45) is 5.73 Å². The average Bonchev–Trinajstić information content (AvgIpc) is 3.87. The van der Waals surface area contributed by atoms with E-state index in [1.54, 1.807) is 25.7 Å². The number of fused-ring (bicyclic) bond motifs is 2. The number of morpholine rings is 1. The van der Waals surface area contributed by atoms with Crippen LogP contribution in [0.15, 0.2) is 73.6 Å². The Hall–Kier alpha value is -7.08. The summed E-state index contributed by atoms with van der Waals surface area (Å²) in [4.78, 5) is 51.8. The van der Waals surface area contributed by atoms with Crippen molar-refractivity contribution in [1.29, 1.82) is 5.26 Å². The summed E-state index contributed by atoms with van der Waals surface area (Å²) in [7, 11) is 1.61.